The number of nitrogens with zero attached hydrogens (tertiary/aromatic N) is 8. The largest absolute Gasteiger partial charge is 0.317 e. The van der Waals surface area contributed by atoms with Crippen LogP contribution in [-0.4, -0.2) is 84.7 Å². The lowest BCUT2D eigenvalue weighted by Crippen LogP contribution is -2.38. The van der Waals surface area contributed by atoms with E-state index in [1.54, 1.807) is 57.6 Å². The molecule has 0 atom stereocenters. The van der Waals surface area contributed by atoms with Gasteiger partial charge in [-0.3, -0.25) is 0 Å². The van der Waals surface area contributed by atoms with Crippen LogP contribution in [0.2, 0.25) is 0 Å². The summed E-state index contributed by atoms with van der Waals surface area (Å²) >= 11 is 0. The second kappa shape index (κ2) is 16.9. The maximum atomic E-state index is 12.4. The third-order valence-electron chi connectivity index (χ3n) is 12.3. The number of nitrogens with one attached hydrogen (secondary N) is 2. The fraction of sp³-hybridized carbons (Fsp3) is 0.250. The van der Waals surface area contributed by atoms with Crippen molar-refractivity contribution in [2.75, 3.05) is 48.7 Å². The molecule has 0 aliphatic carbocycles. The molecule has 4 aromatic carbocycles. The van der Waals surface area contributed by atoms with Crippen molar-refractivity contribution in [1.29, 1.82) is 0 Å². The molecule has 2 aliphatic heterocycles. The molecule has 2 saturated heterocycles. The van der Waals surface area contributed by atoms with Gasteiger partial charge in [-0.15, -0.1) is 10.2 Å². The Balaban J connectivity index is 1.19. The summed E-state index contributed by atoms with van der Waals surface area (Å²) in [5.41, 5.74) is 8.36. The van der Waals surface area contributed by atoms with Crippen molar-refractivity contribution in [2.45, 2.75) is 47.3 Å². The summed E-state index contributed by atoms with van der Waals surface area (Å²) in [4.78, 5) is 11.1. The molecule has 14 nitrogen and oxygen atoms in total. The summed E-state index contributed by atoms with van der Waals surface area (Å²) in [6.07, 6.45) is 10.2. The van der Waals surface area contributed by atoms with Crippen molar-refractivity contribution in [3.63, 3.8) is 0 Å². The molecule has 10 rings (SSSR count). The Morgan fingerprint density at radius 3 is 1.28 bits per heavy atom. The Labute approximate surface area is 372 Å². The van der Waals surface area contributed by atoms with Gasteiger partial charge in [0.25, 0.3) is 11.9 Å². The molecule has 0 radical (unpaired) electrons. The molecule has 16 heteroatoms. The van der Waals surface area contributed by atoms with Gasteiger partial charge in [-0.1, -0.05) is 48.5 Å². The topological polar surface area (TPSA) is 159 Å². The molecule has 0 bridgehead atoms. The van der Waals surface area contributed by atoms with Crippen LogP contribution >= 0.6 is 0 Å². The van der Waals surface area contributed by atoms with Crippen LogP contribution in [0.4, 0.5) is 23.3 Å². The first kappa shape index (κ1) is 41.5. The number of aromatic nitrogens is 6. The predicted octanol–water partition coefficient (Wildman–Crippen LogP) is 7.74. The van der Waals surface area contributed by atoms with Crippen molar-refractivity contribution >= 4 is 54.2 Å². The second-order valence-corrected chi connectivity index (χ2v) is 20.7. The molecular formula is C48H48N10O4S2. The quantitative estimate of drug-likeness (QED) is 0.122. The first-order valence-electron chi connectivity index (χ1n) is 21.5. The fourth-order valence-corrected chi connectivity index (χ4v) is 10.2. The van der Waals surface area contributed by atoms with Gasteiger partial charge in [0, 0.05) is 36.0 Å². The Hall–Kier alpha value is -6.46. The van der Waals surface area contributed by atoms with Crippen LogP contribution in [0.25, 0.3) is 33.5 Å². The Morgan fingerprint density at radius 2 is 0.906 bits per heavy atom. The Bertz CT molecular complexity index is 3000. The number of benzene rings is 4. The van der Waals surface area contributed by atoms with E-state index in [0.29, 0.717) is 35.0 Å². The maximum absolute atomic E-state index is 12.4. The fourth-order valence-electron chi connectivity index (χ4n) is 8.96. The van der Waals surface area contributed by atoms with Crippen LogP contribution < -0.4 is 20.7 Å². The lowest BCUT2D eigenvalue weighted by molar-refractivity contribution is 0.460. The van der Waals surface area contributed by atoms with Gasteiger partial charge in [-0.25, -0.2) is 35.9 Å². The van der Waals surface area contributed by atoms with Crippen LogP contribution in [-0.2, 0) is 19.7 Å². The van der Waals surface area contributed by atoms with E-state index in [4.69, 9.17) is 20.2 Å². The highest BCUT2D eigenvalue weighted by atomic mass is 32.2. The molecule has 0 amide bonds. The number of pyridine rings is 2. The van der Waals surface area contributed by atoms with Crippen molar-refractivity contribution in [1.82, 2.24) is 39.8 Å². The molecule has 6 heterocycles. The summed E-state index contributed by atoms with van der Waals surface area (Å²) in [7, 11) is -6.78. The molecule has 0 saturated carbocycles. The highest BCUT2D eigenvalue weighted by molar-refractivity contribution is 7.91. The zero-order chi connectivity index (χ0) is 44.0. The maximum Gasteiger partial charge on any atom is 0.269 e. The average Bonchev–Trinajstić information content (AvgIpc) is 3.96. The third kappa shape index (κ3) is 8.25. The van der Waals surface area contributed by atoms with E-state index in [2.05, 4.69) is 59.2 Å². The number of hydrazine groups is 1. The lowest BCUT2D eigenvalue weighted by atomic mass is 9.90. The summed E-state index contributed by atoms with van der Waals surface area (Å²) in [5, 5.41) is 21.3. The zero-order valence-corrected chi connectivity index (χ0v) is 37.2. The van der Waals surface area contributed by atoms with Gasteiger partial charge in [0.1, 0.15) is 0 Å². The molecule has 0 unspecified atom stereocenters. The lowest BCUT2D eigenvalue weighted by Gasteiger charge is -2.34. The van der Waals surface area contributed by atoms with E-state index in [0.717, 1.165) is 85.5 Å². The average molecular weight is 893 g/mol. The highest BCUT2D eigenvalue weighted by Crippen LogP contribution is 2.40. The predicted molar refractivity (Wildman–Crippen MR) is 250 cm³/mol. The summed E-state index contributed by atoms with van der Waals surface area (Å²) in [6, 6.07) is 38.5. The van der Waals surface area contributed by atoms with Crippen LogP contribution in [0, 0.1) is 0 Å². The normalized spacial score (nSPS) is 15.5. The van der Waals surface area contributed by atoms with Gasteiger partial charge in [0.2, 0.25) is 0 Å². The van der Waals surface area contributed by atoms with Crippen molar-refractivity contribution in [2.24, 2.45) is 0 Å². The monoisotopic (exact) mass is 892 g/mol. The molecule has 0 spiro atoms. The molecule has 8 aromatic rings. The SMILES string of the molecule is CS(=O)(=O)c1ccc(-c2cccn3nc(N(c4cccc(C5CCNCC5)c4)N(c4cccc(C5CCNCC5)c4)c4nc5c(-c6ccc(S(C)(=O)=O)cc6)cccn5n4)nc23)cc1. The molecule has 64 heavy (non-hydrogen) atoms. The van der Waals surface area contributed by atoms with Gasteiger partial charge >= 0.3 is 0 Å². The minimum absolute atomic E-state index is 0.238. The smallest absolute Gasteiger partial charge is 0.269 e. The van der Waals surface area contributed by atoms with Gasteiger partial charge in [0.05, 0.1) is 21.2 Å². The second-order valence-electron chi connectivity index (χ2n) is 16.7. The third-order valence-corrected chi connectivity index (χ3v) is 14.6. The van der Waals surface area contributed by atoms with E-state index >= 15 is 0 Å². The van der Waals surface area contributed by atoms with Crippen LogP contribution in [0.1, 0.15) is 48.6 Å². The van der Waals surface area contributed by atoms with Gasteiger partial charge in [-0.05, 0) is 159 Å². The van der Waals surface area contributed by atoms with E-state index in [-0.39, 0.29) is 9.79 Å². The van der Waals surface area contributed by atoms with Gasteiger partial charge in [-0.2, -0.15) is 9.97 Å². The van der Waals surface area contributed by atoms with Crippen molar-refractivity contribution in [3.05, 3.63) is 145 Å². The zero-order valence-electron chi connectivity index (χ0n) is 35.5. The van der Waals surface area contributed by atoms with Crippen molar-refractivity contribution < 1.29 is 16.8 Å². The first-order chi connectivity index (χ1) is 31.0. The van der Waals surface area contributed by atoms with E-state index in [1.165, 1.54) is 23.6 Å². The summed E-state index contributed by atoms with van der Waals surface area (Å²) in [5.74, 6) is 1.45. The summed E-state index contributed by atoms with van der Waals surface area (Å²) in [6.45, 7) is 3.78. The molecular weight excluding hydrogens is 845 g/mol. The minimum Gasteiger partial charge on any atom is -0.317 e. The molecule has 2 fully saturated rings. The van der Waals surface area contributed by atoms with Crippen molar-refractivity contribution in [3.8, 4) is 22.3 Å². The van der Waals surface area contributed by atoms with Crippen LogP contribution in [0.15, 0.2) is 144 Å². The van der Waals surface area contributed by atoms with Crippen LogP contribution in [0.3, 0.4) is 0 Å². The highest BCUT2D eigenvalue weighted by Gasteiger charge is 2.31. The van der Waals surface area contributed by atoms with E-state index in [9.17, 15) is 16.8 Å². The van der Waals surface area contributed by atoms with Gasteiger partial charge in [0.15, 0.2) is 31.0 Å². The molecule has 4 aromatic heterocycles. The Morgan fingerprint density at radius 1 is 0.516 bits per heavy atom. The molecule has 2 N–H and O–H groups in total. The number of piperidine rings is 2. The number of anilines is 4. The molecule has 2 aliphatic rings. The number of hydrogen-bond acceptors (Lipinski definition) is 12. The number of fused-ring (bicyclic) bond motifs is 2. The number of sulfone groups is 2. The molecule has 326 valence electrons. The Kier molecular flexibility index (Phi) is 11.0. The van der Waals surface area contributed by atoms with E-state index < -0.39 is 19.7 Å². The van der Waals surface area contributed by atoms with Crippen LogP contribution in [0.5, 0.6) is 0 Å². The van der Waals surface area contributed by atoms with Gasteiger partial charge < -0.3 is 10.6 Å². The first-order valence-corrected chi connectivity index (χ1v) is 25.3. The number of hydrogen-bond donors (Lipinski definition) is 2. The minimum atomic E-state index is -3.39. The standard InChI is InChI=1S/C48H48N10O4S2/c1-63(59,60)41-17-13-35(14-18-41)43-11-5-29-55-45(43)51-47(53-55)57(39-9-3-7-37(31-39)33-21-25-49-26-22-33)58(40-10-4-8-38(32-40)34-23-27-50-28-24-34)48-52-46-44(12-6-30-56(46)54-48)36-15-19-42(20-16-36)64(2,61)62/h3-20,29-34,49-50H,21-28H2,1-2H3. The summed E-state index contributed by atoms with van der Waals surface area (Å²) < 4.78 is 52.9. The van der Waals surface area contributed by atoms with E-state index in [1.807, 2.05) is 46.7 Å². The number of rotatable bonds is 11.